The number of aromatic carboxylic acids is 4. The van der Waals surface area contributed by atoms with Gasteiger partial charge in [0.15, 0.2) is 0 Å². The molecular weight excluding hydrogens is 520 g/mol. The second-order valence-electron chi connectivity index (χ2n) is 8.83. The molecule has 0 radical (unpaired) electrons. The number of rotatable bonds is 6. The largest absolute Gasteiger partial charge is 0.478 e. The molecule has 2 aliphatic heterocycles. The summed E-state index contributed by atoms with van der Waals surface area (Å²) in [7, 11) is 0. The summed E-state index contributed by atoms with van der Waals surface area (Å²) in [6.07, 6.45) is -1.33. The van der Waals surface area contributed by atoms with E-state index in [4.69, 9.17) is 0 Å². The highest BCUT2D eigenvalue weighted by molar-refractivity contribution is 6.31. The highest BCUT2D eigenvalue weighted by Gasteiger charge is 2.57. The lowest BCUT2D eigenvalue weighted by molar-refractivity contribution is -0.149. The van der Waals surface area contributed by atoms with Crippen LogP contribution in [0.15, 0.2) is 36.4 Å². The van der Waals surface area contributed by atoms with Crippen LogP contribution in [0.4, 0.5) is 11.4 Å². The van der Waals surface area contributed by atoms with Crippen molar-refractivity contribution in [1.29, 1.82) is 0 Å². The first-order chi connectivity index (χ1) is 18.3. The minimum atomic E-state index is -1.97. The van der Waals surface area contributed by atoms with Crippen molar-refractivity contribution in [2.45, 2.75) is 25.7 Å². The van der Waals surface area contributed by atoms with E-state index in [-0.39, 0.29) is 37.1 Å². The Labute approximate surface area is 217 Å². The molecule has 0 aliphatic carbocycles. The van der Waals surface area contributed by atoms with Gasteiger partial charge in [-0.15, -0.1) is 0 Å². The maximum atomic E-state index is 13.7. The third-order valence-electron chi connectivity index (χ3n) is 6.70. The number of anilines is 2. The van der Waals surface area contributed by atoms with Crippen LogP contribution in [0, 0.1) is 5.41 Å². The molecule has 1 spiro atoms. The van der Waals surface area contributed by atoms with Crippen molar-refractivity contribution in [2.24, 2.45) is 5.41 Å². The van der Waals surface area contributed by atoms with Crippen molar-refractivity contribution in [3.8, 4) is 0 Å². The van der Waals surface area contributed by atoms with Crippen LogP contribution in [0.1, 0.15) is 67.1 Å². The highest BCUT2D eigenvalue weighted by Crippen LogP contribution is 2.44. The Morgan fingerprint density at radius 2 is 0.897 bits per heavy atom. The van der Waals surface area contributed by atoms with Crippen molar-refractivity contribution in [3.05, 3.63) is 58.7 Å². The summed E-state index contributed by atoms with van der Waals surface area (Å²) in [5.41, 5.74) is -5.14. The zero-order valence-corrected chi connectivity index (χ0v) is 19.7. The van der Waals surface area contributed by atoms with E-state index in [1.807, 2.05) is 0 Å². The fourth-order valence-electron chi connectivity index (χ4n) is 4.76. The molecule has 14 nitrogen and oxygen atoms in total. The molecule has 2 aliphatic rings. The van der Waals surface area contributed by atoms with Crippen molar-refractivity contribution in [3.63, 3.8) is 0 Å². The Morgan fingerprint density at radius 1 is 0.564 bits per heavy atom. The average molecular weight is 538 g/mol. The van der Waals surface area contributed by atoms with E-state index in [2.05, 4.69) is 0 Å². The summed E-state index contributed by atoms with van der Waals surface area (Å²) >= 11 is 0. The van der Waals surface area contributed by atoms with Gasteiger partial charge in [0.05, 0.1) is 33.6 Å². The van der Waals surface area contributed by atoms with Gasteiger partial charge in [-0.25, -0.2) is 29.0 Å². The molecule has 4 amide bonds. The molecule has 2 aromatic rings. The van der Waals surface area contributed by atoms with Crippen LogP contribution in [0.2, 0.25) is 0 Å². The smallest absolute Gasteiger partial charge is 0.336 e. The number of benzene rings is 2. The van der Waals surface area contributed by atoms with Gasteiger partial charge >= 0.3 is 23.9 Å². The average Bonchev–Trinajstić information content (AvgIpc) is 2.87. The van der Waals surface area contributed by atoms with E-state index in [1.54, 1.807) is 0 Å². The maximum Gasteiger partial charge on any atom is 0.336 e. The Kier molecular flexibility index (Phi) is 6.48. The van der Waals surface area contributed by atoms with Gasteiger partial charge in [0, 0.05) is 12.8 Å². The number of amides is 4. The maximum absolute atomic E-state index is 13.7. The molecule has 39 heavy (non-hydrogen) atoms. The molecule has 4 N–H and O–H groups in total. The van der Waals surface area contributed by atoms with E-state index < -0.39 is 75.2 Å². The number of carbonyl (C=O) groups excluding carboxylic acids is 4. The monoisotopic (exact) mass is 538 g/mol. The predicted octanol–water partition coefficient (Wildman–Crippen LogP) is 1.47. The van der Waals surface area contributed by atoms with Gasteiger partial charge in [-0.2, -0.15) is 0 Å². The summed E-state index contributed by atoms with van der Waals surface area (Å²) in [6, 6.07) is 5.54. The number of hydrogen-bond acceptors (Lipinski definition) is 8. The first kappa shape index (κ1) is 26.7. The topological polar surface area (TPSA) is 224 Å². The number of piperidine rings is 2. The number of carboxylic acids is 4. The predicted molar refractivity (Wildman–Crippen MR) is 127 cm³/mol. The molecule has 2 fully saturated rings. The third kappa shape index (κ3) is 4.27. The normalized spacial score (nSPS) is 16.9. The van der Waals surface area contributed by atoms with Crippen molar-refractivity contribution in [1.82, 2.24) is 0 Å². The SMILES string of the molecule is O=C(O)c1ccc(N2C(=O)CCC3(CCC(=O)N(c4ccc(C(=O)O)c(C(=O)O)c4)C3=O)C2=O)cc1C(=O)O. The number of nitrogens with zero attached hydrogens (tertiary/aromatic N) is 2. The van der Waals surface area contributed by atoms with E-state index in [0.29, 0.717) is 9.80 Å². The second kappa shape index (κ2) is 9.48. The molecule has 14 heteroatoms. The lowest BCUT2D eigenvalue weighted by Gasteiger charge is -2.44. The van der Waals surface area contributed by atoms with Gasteiger partial charge in [0.2, 0.25) is 23.6 Å². The first-order valence-electron chi connectivity index (χ1n) is 11.3. The molecular formula is C25H18N2O12. The molecule has 2 saturated heterocycles. The lowest BCUT2D eigenvalue weighted by atomic mass is 9.71. The summed E-state index contributed by atoms with van der Waals surface area (Å²) in [5, 5.41) is 37.4. The Hall–Kier alpha value is -5.40. The van der Waals surface area contributed by atoms with Gasteiger partial charge in [-0.3, -0.25) is 19.2 Å². The zero-order chi connectivity index (χ0) is 28.8. The second-order valence-corrected chi connectivity index (χ2v) is 8.83. The first-order valence-corrected chi connectivity index (χ1v) is 11.3. The van der Waals surface area contributed by atoms with Crippen LogP contribution in [0.3, 0.4) is 0 Å². The summed E-state index contributed by atoms with van der Waals surface area (Å²) in [5.74, 6) is -10.1. The van der Waals surface area contributed by atoms with Gasteiger partial charge in [-0.05, 0) is 49.2 Å². The summed E-state index contributed by atoms with van der Waals surface area (Å²) in [4.78, 5) is 100. The molecule has 200 valence electrons. The summed E-state index contributed by atoms with van der Waals surface area (Å²) < 4.78 is 0. The molecule has 0 bridgehead atoms. The van der Waals surface area contributed by atoms with Crippen LogP contribution in [-0.2, 0) is 19.2 Å². The number of carbonyl (C=O) groups is 8. The van der Waals surface area contributed by atoms with Crippen LogP contribution in [0.25, 0.3) is 0 Å². The van der Waals surface area contributed by atoms with Crippen LogP contribution in [-0.4, -0.2) is 67.9 Å². The van der Waals surface area contributed by atoms with E-state index in [1.165, 1.54) is 0 Å². The van der Waals surface area contributed by atoms with Crippen molar-refractivity contribution in [2.75, 3.05) is 9.80 Å². The summed E-state index contributed by atoms with van der Waals surface area (Å²) in [6.45, 7) is 0. The van der Waals surface area contributed by atoms with Crippen LogP contribution < -0.4 is 9.80 Å². The van der Waals surface area contributed by atoms with Crippen molar-refractivity contribution < 1.29 is 58.8 Å². The number of carboxylic acid groups (broad SMARTS) is 4. The fraction of sp³-hybridized carbons (Fsp3) is 0.200. The van der Waals surface area contributed by atoms with Crippen molar-refractivity contribution >= 4 is 58.9 Å². The fourth-order valence-corrected chi connectivity index (χ4v) is 4.76. The molecule has 4 rings (SSSR count). The standard InChI is InChI=1S/C25H18N2O12/c28-17-5-7-25(23(38)26(17)11-1-3-13(19(30)31)15(9-11)21(34)35)8-6-18(29)27(24(25)39)12-2-4-14(20(32)33)16(10-12)22(36)37/h1-4,9-10H,5-8H2,(H,30,31)(H,32,33)(H,34,35)(H,36,37). The Bertz CT molecular complexity index is 1410. The Morgan fingerprint density at radius 3 is 1.21 bits per heavy atom. The van der Waals surface area contributed by atoms with Gasteiger partial charge in [0.1, 0.15) is 5.41 Å². The minimum Gasteiger partial charge on any atom is -0.478 e. The lowest BCUT2D eigenvalue weighted by Crippen LogP contribution is -2.62. The molecule has 0 saturated carbocycles. The zero-order valence-electron chi connectivity index (χ0n) is 19.7. The van der Waals surface area contributed by atoms with Gasteiger partial charge < -0.3 is 20.4 Å². The Balaban J connectivity index is 1.79. The molecule has 2 heterocycles. The number of imide groups is 2. The van der Waals surface area contributed by atoms with E-state index >= 15 is 0 Å². The van der Waals surface area contributed by atoms with E-state index in [0.717, 1.165) is 36.4 Å². The van der Waals surface area contributed by atoms with E-state index in [9.17, 15) is 58.8 Å². The van der Waals surface area contributed by atoms with Gasteiger partial charge in [-0.1, -0.05) is 0 Å². The molecule has 0 atom stereocenters. The van der Waals surface area contributed by atoms with Crippen LogP contribution in [0.5, 0.6) is 0 Å². The highest BCUT2D eigenvalue weighted by atomic mass is 16.4. The molecule has 2 aromatic carbocycles. The minimum absolute atomic E-state index is 0.290. The molecule has 0 unspecified atom stereocenters. The third-order valence-corrected chi connectivity index (χ3v) is 6.70. The van der Waals surface area contributed by atoms with Gasteiger partial charge in [0.25, 0.3) is 0 Å². The van der Waals surface area contributed by atoms with Crippen LogP contribution >= 0.6 is 0 Å². The molecule has 0 aromatic heterocycles. The quantitative estimate of drug-likeness (QED) is 0.303. The number of hydrogen-bond donors (Lipinski definition) is 4.